The van der Waals surface area contributed by atoms with Crippen LogP contribution < -0.4 is 0 Å². The van der Waals surface area contributed by atoms with Gasteiger partial charge in [-0.1, -0.05) is 19.9 Å². The van der Waals surface area contributed by atoms with Gasteiger partial charge in [0.05, 0.1) is 0 Å². The van der Waals surface area contributed by atoms with Crippen LogP contribution in [-0.4, -0.2) is 33.7 Å². The molecule has 4 nitrogen and oxygen atoms in total. The molecule has 22 heavy (non-hydrogen) atoms. The highest BCUT2D eigenvalue weighted by atomic mass is 19.1. The molecule has 0 saturated carbocycles. The van der Waals surface area contributed by atoms with Gasteiger partial charge in [0, 0.05) is 23.5 Å². The molecule has 1 aliphatic carbocycles. The van der Waals surface area contributed by atoms with Crippen LogP contribution in [0.25, 0.3) is 0 Å². The maximum atomic E-state index is 13.8. The number of hydrogen-bond acceptors (Lipinski definition) is 3. The molecule has 0 fully saturated rings. The van der Waals surface area contributed by atoms with Crippen LogP contribution in [0.1, 0.15) is 41.0 Å². The highest BCUT2D eigenvalue weighted by Crippen LogP contribution is 2.47. The van der Waals surface area contributed by atoms with Gasteiger partial charge < -0.3 is 10.2 Å². The van der Waals surface area contributed by atoms with E-state index in [1.807, 2.05) is 0 Å². The molecule has 2 unspecified atom stereocenters. The van der Waals surface area contributed by atoms with Gasteiger partial charge in [-0.3, -0.25) is 4.79 Å². The minimum Gasteiger partial charge on any atom is -0.478 e. The Morgan fingerprint density at radius 3 is 2.41 bits per heavy atom. The number of aliphatic hydroxyl groups is 1. The van der Waals surface area contributed by atoms with E-state index in [2.05, 4.69) is 0 Å². The normalized spacial score (nSPS) is 27.4. The first-order valence-corrected chi connectivity index (χ1v) is 7.13. The van der Waals surface area contributed by atoms with Crippen LogP contribution in [0.15, 0.2) is 34.9 Å². The van der Waals surface area contributed by atoms with Gasteiger partial charge in [0.25, 0.3) is 0 Å². The van der Waals surface area contributed by atoms with Gasteiger partial charge in [-0.05, 0) is 38.0 Å². The second kappa shape index (κ2) is 6.16. The lowest BCUT2D eigenvalue weighted by atomic mass is 9.62. The fourth-order valence-corrected chi connectivity index (χ4v) is 2.92. The summed E-state index contributed by atoms with van der Waals surface area (Å²) in [7, 11) is 0. The van der Waals surface area contributed by atoms with Crippen LogP contribution in [0.2, 0.25) is 0 Å². The van der Waals surface area contributed by atoms with E-state index in [1.54, 1.807) is 27.7 Å². The van der Waals surface area contributed by atoms with Gasteiger partial charge >= 0.3 is 5.97 Å². The highest BCUT2D eigenvalue weighted by molar-refractivity contribution is 5.99. The first kappa shape index (κ1) is 18.3. The molecule has 2 N–H and O–H groups in total. The topological polar surface area (TPSA) is 74.6 Å². The first-order chi connectivity index (χ1) is 9.92. The summed E-state index contributed by atoms with van der Waals surface area (Å²) in [5.41, 5.74) is -1.60. The van der Waals surface area contributed by atoms with Crippen LogP contribution in [-0.2, 0) is 9.59 Å². The molecule has 1 aliphatic rings. The largest absolute Gasteiger partial charge is 0.478 e. The Balaban J connectivity index is 3.41. The van der Waals surface area contributed by atoms with Crippen molar-refractivity contribution in [1.29, 1.82) is 0 Å². The van der Waals surface area contributed by atoms with Crippen molar-refractivity contribution in [3.8, 4) is 0 Å². The van der Waals surface area contributed by atoms with Gasteiger partial charge in [-0.25, -0.2) is 9.18 Å². The number of ketones is 1. The van der Waals surface area contributed by atoms with Crippen molar-refractivity contribution < 1.29 is 24.2 Å². The van der Waals surface area contributed by atoms with E-state index in [1.165, 1.54) is 19.1 Å². The van der Waals surface area contributed by atoms with Gasteiger partial charge in [-0.15, -0.1) is 0 Å². The van der Waals surface area contributed by atoms with Crippen molar-refractivity contribution in [3.63, 3.8) is 0 Å². The van der Waals surface area contributed by atoms with Crippen molar-refractivity contribution in [2.75, 3.05) is 0 Å². The summed E-state index contributed by atoms with van der Waals surface area (Å²) < 4.78 is 13.8. The zero-order chi connectivity index (χ0) is 17.3. The number of Topliss-reactive ketones (excluding diaryl/α,β-unsaturated/α-hetero) is 1. The standard InChI is InChI=1S/C17H23FO4/c1-10(8-14(20)21)6-7-17(22)11(2)15(12(3)18)13(19)9-16(17,4)5/h6-8,12,22H,9H2,1-5H3,(H,20,21). The van der Waals surface area contributed by atoms with Gasteiger partial charge in [0.15, 0.2) is 5.78 Å². The number of allylic oxidation sites excluding steroid dienone is 3. The number of carboxylic acids is 1. The molecule has 0 aliphatic heterocycles. The van der Waals surface area contributed by atoms with E-state index in [-0.39, 0.29) is 23.4 Å². The summed E-state index contributed by atoms with van der Waals surface area (Å²) in [5, 5.41) is 19.8. The predicted octanol–water partition coefficient (Wildman–Crippen LogP) is 2.98. The number of carbonyl (C=O) groups excluding carboxylic acids is 1. The summed E-state index contributed by atoms with van der Waals surface area (Å²) in [5.74, 6) is -1.38. The second-order valence-corrected chi connectivity index (χ2v) is 6.46. The number of carbonyl (C=O) groups is 2. The molecule has 0 aromatic heterocycles. The lowest BCUT2D eigenvalue weighted by molar-refractivity contribution is -0.131. The quantitative estimate of drug-likeness (QED) is 0.618. The fraction of sp³-hybridized carbons (Fsp3) is 0.529. The Kier molecular flexibility index (Phi) is 5.13. The van der Waals surface area contributed by atoms with E-state index < -0.39 is 23.2 Å². The van der Waals surface area contributed by atoms with E-state index in [0.29, 0.717) is 5.57 Å². The molecule has 5 heteroatoms. The van der Waals surface area contributed by atoms with E-state index in [4.69, 9.17) is 5.11 Å². The highest BCUT2D eigenvalue weighted by Gasteiger charge is 2.50. The van der Waals surface area contributed by atoms with Gasteiger partial charge in [0.2, 0.25) is 0 Å². The number of halogens is 1. The third-order valence-corrected chi connectivity index (χ3v) is 4.25. The second-order valence-electron chi connectivity index (χ2n) is 6.46. The number of rotatable bonds is 4. The lowest BCUT2D eigenvalue weighted by Gasteiger charge is -2.46. The lowest BCUT2D eigenvalue weighted by Crippen LogP contribution is -2.50. The molecule has 2 atom stereocenters. The Morgan fingerprint density at radius 1 is 1.41 bits per heavy atom. The van der Waals surface area contributed by atoms with Crippen molar-refractivity contribution in [3.05, 3.63) is 34.9 Å². The van der Waals surface area contributed by atoms with Crippen molar-refractivity contribution >= 4 is 11.8 Å². The molecular weight excluding hydrogens is 287 g/mol. The molecule has 0 spiro atoms. The van der Waals surface area contributed by atoms with Gasteiger partial charge in [-0.2, -0.15) is 0 Å². The molecule has 0 aromatic rings. The number of aliphatic carboxylic acids is 1. The number of hydrogen-bond donors (Lipinski definition) is 2. The Hall–Kier alpha value is -1.75. The zero-order valence-electron chi connectivity index (χ0n) is 13.6. The minimum atomic E-state index is -1.51. The third-order valence-electron chi connectivity index (χ3n) is 4.25. The molecule has 0 saturated heterocycles. The maximum Gasteiger partial charge on any atom is 0.328 e. The summed E-state index contributed by atoms with van der Waals surface area (Å²) in [6.07, 6.45) is 2.51. The number of carboxylic acid groups (broad SMARTS) is 1. The molecule has 0 radical (unpaired) electrons. The summed E-state index contributed by atoms with van der Waals surface area (Å²) in [4.78, 5) is 22.8. The average Bonchev–Trinajstić information content (AvgIpc) is 2.32. The maximum absolute atomic E-state index is 13.8. The van der Waals surface area contributed by atoms with Crippen LogP contribution >= 0.6 is 0 Å². The van der Waals surface area contributed by atoms with E-state index in [0.717, 1.165) is 6.08 Å². The van der Waals surface area contributed by atoms with Crippen LogP contribution in [0.3, 0.4) is 0 Å². The predicted molar refractivity (Wildman–Crippen MR) is 82.2 cm³/mol. The van der Waals surface area contributed by atoms with E-state index >= 15 is 0 Å². The van der Waals surface area contributed by atoms with Crippen molar-refractivity contribution in [2.45, 2.75) is 52.8 Å². The molecule has 0 aromatic carbocycles. The average molecular weight is 310 g/mol. The SMILES string of the molecule is CC(C=CC1(O)C(C)=C(C(C)F)C(=O)CC1(C)C)=CC(=O)O. The fourth-order valence-electron chi connectivity index (χ4n) is 2.92. The molecule has 0 heterocycles. The third kappa shape index (κ3) is 3.35. The van der Waals surface area contributed by atoms with Crippen molar-refractivity contribution in [1.82, 2.24) is 0 Å². The monoisotopic (exact) mass is 310 g/mol. The van der Waals surface area contributed by atoms with E-state index in [9.17, 15) is 19.1 Å². The Bertz CT molecular complexity index is 581. The van der Waals surface area contributed by atoms with Crippen LogP contribution in [0.4, 0.5) is 4.39 Å². The summed E-state index contributed by atoms with van der Waals surface area (Å²) in [6.45, 7) is 7.87. The summed E-state index contributed by atoms with van der Waals surface area (Å²) in [6, 6.07) is 0. The smallest absolute Gasteiger partial charge is 0.328 e. The molecule has 1 rings (SSSR count). The molecular formula is C17H23FO4. The minimum absolute atomic E-state index is 0.00587. The number of alkyl halides is 1. The molecule has 0 amide bonds. The van der Waals surface area contributed by atoms with Gasteiger partial charge in [0.1, 0.15) is 11.8 Å². The van der Waals surface area contributed by atoms with Crippen molar-refractivity contribution in [2.24, 2.45) is 5.41 Å². The van der Waals surface area contributed by atoms with Crippen LogP contribution in [0, 0.1) is 5.41 Å². The van der Waals surface area contributed by atoms with Crippen LogP contribution in [0.5, 0.6) is 0 Å². The molecule has 0 bridgehead atoms. The first-order valence-electron chi connectivity index (χ1n) is 7.13. The summed E-state index contributed by atoms with van der Waals surface area (Å²) >= 11 is 0. The Morgan fingerprint density at radius 2 is 1.95 bits per heavy atom. The Labute approximate surface area is 130 Å². The zero-order valence-corrected chi connectivity index (χ0v) is 13.6. The molecule has 122 valence electrons.